The van der Waals surface area contributed by atoms with E-state index in [1.165, 1.54) is 0 Å². The van der Waals surface area contributed by atoms with Gasteiger partial charge in [-0.05, 0) is 36.0 Å². The van der Waals surface area contributed by atoms with Gasteiger partial charge in [0.05, 0.1) is 12.2 Å². The van der Waals surface area contributed by atoms with Crippen molar-refractivity contribution < 1.29 is 18.8 Å². The van der Waals surface area contributed by atoms with Gasteiger partial charge in [-0.15, -0.1) is 0 Å². The molecule has 2 heterocycles. The standard InChI is InChI=1S/C19H22N2O4/c1-11(2)16-8-13(25-21-16)10-20-19(22)15-9-14(15)12-3-4-17-18(7-12)24-6-5-23-17/h3-4,7-8,11,14-15H,5-6,9-10H2,1-2H3,(H,20,22)/t14-,15+/m1/s1. The number of carbonyl (C=O) groups is 1. The van der Waals surface area contributed by atoms with Crippen molar-refractivity contribution in [1.82, 2.24) is 10.5 Å². The summed E-state index contributed by atoms with van der Waals surface area (Å²) in [5.41, 5.74) is 2.04. The summed E-state index contributed by atoms with van der Waals surface area (Å²) in [6.45, 7) is 5.65. The number of hydrogen-bond donors (Lipinski definition) is 1. The lowest BCUT2D eigenvalue weighted by Gasteiger charge is -2.18. The molecular weight excluding hydrogens is 320 g/mol. The number of ether oxygens (including phenoxy) is 2. The maximum atomic E-state index is 12.4. The highest BCUT2D eigenvalue weighted by Crippen LogP contribution is 2.49. The Morgan fingerprint density at radius 3 is 2.80 bits per heavy atom. The largest absolute Gasteiger partial charge is 0.486 e. The zero-order chi connectivity index (χ0) is 17.4. The van der Waals surface area contributed by atoms with Gasteiger partial charge in [-0.2, -0.15) is 0 Å². The number of aromatic nitrogens is 1. The van der Waals surface area contributed by atoms with Crippen molar-refractivity contribution in [2.45, 2.75) is 38.6 Å². The Bertz CT molecular complexity index is 783. The Kier molecular flexibility index (Phi) is 4.11. The Hall–Kier alpha value is -2.50. The van der Waals surface area contributed by atoms with Crippen LogP contribution in [0.1, 0.15) is 49.1 Å². The van der Waals surface area contributed by atoms with Crippen LogP contribution in [0.2, 0.25) is 0 Å². The lowest BCUT2D eigenvalue weighted by Crippen LogP contribution is -2.24. The van der Waals surface area contributed by atoms with Gasteiger partial charge in [0.1, 0.15) is 13.2 Å². The number of carbonyl (C=O) groups excluding carboxylic acids is 1. The molecule has 0 spiro atoms. The van der Waals surface area contributed by atoms with E-state index < -0.39 is 0 Å². The number of fused-ring (bicyclic) bond motifs is 1. The Morgan fingerprint density at radius 1 is 1.24 bits per heavy atom. The summed E-state index contributed by atoms with van der Waals surface area (Å²) in [6.07, 6.45) is 0.860. The third-order valence-corrected chi connectivity index (χ3v) is 4.73. The van der Waals surface area contributed by atoms with Crippen molar-refractivity contribution >= 4 is 5.91 Å². The molecule has 1 aliphatic carbocycles. The summed E-state index contributed by atoms with van der Waals surface area (Å²) in [6, 6.07) is 7.85. The van der Waals surface area contributed by atoms with Crippen molar-refractivity contribution in [3.63, 3.8) is 0 Å². The maximum Gasteiger partial charge on any atom is 0.224 e. The lowest BCUT2D eigenvalue weighted by atomic mass is 10.1. The van der Waals surface area contributed by atoms with Crippen LogP contribution in [0.5, 0.6) is 11.5 Å². The van der Waals surface area contributed by atoms with E-state index in [2.05, 4.69) is 24.3 Å². The van der Waals surface area contributed by atoms with E-state index in [0.717, 1.165) is 29.2 Å². The molecule has 4 rings (SSSR count). The van der Waals surface area contributed by atoms with Crippen molar-refractivity contribution in [1.29, 1.82) is 0 Å². The molecule has 0 bridgehead atoms. The topological polar surface area (TPSA) is 73.6 Å². The molecule has 25 heavy (non-hydrogen) atoms. The molecule has 2 aromatic rings. The molecule has 1 N–H and O–H groups in total. The van der Waals surface area contributed by atoms with Gasteiger partial charge < -0.3 is 19.3 Å². The molecule has 0 radical (unpaired) electrons. The second kappa shape index (κ2) is 6.43. The van der Waals surface area contributed by atoms with Crippen LogP contribution in [0.25, 0.3) is 0 Å². The molecule has 132 valence electrons. The molecule has 1 saturated carbocycles. The van der Waals surface area contributed by atoms with Crippen LogP contribution >= 0.6 is 0 Å². The van der Waals surface area contributed by atoms with Gasteiger partial charge in [0.2, 0.25) is 5.91 Å². The fourth-order valence-corrected chi connectivity index (χ4v) is 3.13. The molecular formula is C19H22N2O4. The molecule has 0 unspecified atom stereocenters. The number of amides is 1. The minimum absolute atomic E-state index is 0.00931. The summed E-state index contributed by atoms with van der Waals surface area (Å²) >= 11 is 0. The van der Waals surface area contributed by atoms with Crippen molar-refractivity contribution in [2.75, 3.05) is 13.2 Å². The van der Waals surface area contributed by atoms with Gasteiger partial charge in [-0.3, -0.25) is 4.79 Å². The van der Waals surface area contributed by atoms with E-state index in [1.807, 2.05) is 24.3 Å². The van der Waals surface area contributed by atoms with Crippen molar-refractivity contribution in [2.24, 2.45) is 5.92 Å². The Balaban J connectivity index is 1.33. The molecule has 1 amide bonds. The van der Waals surface area contributed by atoms with Gasteiger partial charge in [-0.25, -0.2) is 0 Å². The molecule has 1 aromatic carbocycles. The zero-order valence-corrected chi connectivity index (χ0v) is 14.5. The first kappa shape index (κ1) is 16.0. The number of nitrogens with one attached hydrogen (secondary N) is 1. The van der Waals surface area contributed by atoms with Crippen LogP contribution < -0.4 is 14.8 Å². The number of benzene rings is 1. The van der Waals surface area contributed by atoms with Gasteiger partial charge in [0, 0.05) is 12.0 Å². The minimum Gasteiger partial charge on any atom is -0.486 e. The highest BCUT2D eigenvalue weighted by atomic mass is 16.6. The van der Waals surface area contributed by atoms with Crippen LogP contribution in [-0.4, -0.2) is 24.3 Å². The zero-order valence-electron chi connectivity index (χ0n) is 14.5. The quantitative estimate of drug-likeness (QED) is 0.904. The molecule has 1 fully saturated rings. The lowest BCUT2D eigenvalue weighted by molar-refractivity contribution is -0.122. The van der Waals surface area contributed by atoms with E-state index in [1.54, 1.807) is 0 Å². The summed E-state index contributed by atoms with van der Waals surface area (Å²) in [5, 5.41) is 6.95. The third kappa shape index (κ3) is 3.34. The van der Waals surface area contributed by atoms with Crippen LogP contribution in [0.3, 0.4) is 0 Å². The van der Waals surface area contributed by atoms with Gasteiger partial charge in [0.15, 0.2) is 17.3 Å². The molecule has 1 aromatic heterocycles. The summed E-state index contributed by atoms with van der Waals surface area (Å²) in [7, 11) is 0. The van der Waals surface area contributed by atoms with Gasteiger partial charge in [0.25, 0.3) is 0 Å². The van der Waals surface area contributed by atoms with Gasteiger partial charge in [-0.1, -0.05) is 25.1 Å². The van der Waals surface area contributed by atoms with Gasteiger partial charge >= 0.3 is 0 Å². The average Bonchev–Trinajstić information content (AvgIpc) is 3.28. The number of rotatable bonds is 5. The second-order valence-corrected chi connectivity index (χ2v) is 6.94. The highest BCUT2D eigenvalue weighted by Gasteiger charge is 2.44. The maximum absolute atomic E-state index is 12.4. The van der Waals surface area contributed by atoms with E-state index in [0.29, 0.717) is 31.4 Å². The first-order valence-corrected chi connectivity index (χ1v) is 8.74. The minimum atomic E-state index is 0.00931. The Morgan fingerprint density at radius 2 is 2.04 bits per heavy atom. The normalized spacial score (nSPS) is 21.2. The van der Waals surface area contributed by atoms with Crippen molar-refractivity contribution in [3.8, 4) is 11.5 Å². The van der Waals surface area contributed by atoms with E-state index in [9.17, 15) is 4.79 Å². The first-order chi connectivity index (χ1) is 12.1. The molecule has 1 aliphatic heterocycles. The van der Waals surface area contributed by atoms with Crippen molar-refractivity contribution in [3.05, 3.63) is 41.3 Å². The fourth-order valence-electron chi connectivity index (χ4n) is 3.13. The van der Waals surface area contributed by atoms with E-state index in [4.69, 9.17) is 14.0 Å². The predicted molar refractivity (Wildman–Crippen MR) is 90.7 cm³/mol. The molecule has 0 saturated heterocycles. The van der Waals surface area contributed by atoms with E-state index in [-0.39, 0.29) is 17.7 Å². The SMILES string of the molecule is CC(C)c1cc(CNC(=O)[C@H]2C[C@@H]2c2ccc3c(c2)OCCO3)on1. The number of nitrogens with zero attached hydrogens (tertiary/aromatic N) is 1. The van der Waals surface area contributed by atoms with E-state index >= 15 is 0 Å². The van der Waals surface area contributed by atoms with Crippen LogP contribution in [-0.2, 0) is 11.3 Å². The Labute approximate surface area is 146 Å². The molecule has 2 aliphatic rings. The first-order valence-electron chi connectivity index (χ1n) is 8.74. The monoisotopic (exact) mass is 342 g/mol. The van der Waals surface area contributed by atoms with Crippen LogP contribution in [0.4, 0.5) is 0 Å². The summed E-state index contributed by atoms with van der Waals surface area (Å²) in [5.74, 6) is 2.87. The summed E-state index contributed by atoms with van der Waals surface area (Å²) in [4.78, 5) is 12.4. The molecule has 2 atom stereocenters. The third-order valence-electron chi connectivity index (χ3n) is 4.73. The molecule has 6 heteroatoms. The number of hydrogen-bond acceptors (Lipinski definition) is 5. The average molecular weight is 342 g/mol. The predicted octanol–water partition coefficient (Wildman–Crippen LogP) is 2.99. The van der Waals surface area contributed by atoms with Crippen LogP contribution in [0, 0.1) is 5.92 Å². The smallest absolute Gasteiger partial charge is 0.224 e. The fraction of sp³-hybridized carbons (Fsp3) is 0.474. The highest BCUT2D eigenvalue weighted by molar-refractivity contribution is 5.82. The molecule has 6 nitrogen and oxygen atoms in total. The second-order valence-electron chi connectivity index (χ2n) is 6.94. The van der Waals surface area contributed by atoms with Crippen LogP contribution in [0.15, 0.2) is 28.8 Å². The summed E-state index contributed by atoms with van der Waals surface area (Å²) < 4.78 is 16.4.